The minimum absolute atomic E-state index is 0.0297. The lowest BCUT2D eigenvalue weighted by Gasteiger charge is -2.11. The summed E-state index contributed by atoms with van der Waals surface area (Å²) >= 11 is 5.62. The summed E-state index contributed by atoms with van der Waals surface area (Å²) in [6.45, 7) is 0. The second kappa shape index (κ2) is 4.45. The number of nitrogens with zero attached hydrogens (tertiary/aromatic N) is 2. The second-order valence-corrected chi connectivity index (χ2v) is 4.87. The molecule has 0 atom stereocenters. The van der Waals surface area contributed by atoms with Crippen LogP contribution >= 0.6 is 11.6 Å². The van der Waals surface area contributed by atoms with Crippen molar-refractivity contribution in [1.82, 2.24) is 9.55 Å². The molecule has 2 aromatic heterocycles. The van der Waals surface area contributed by atoms with Crippen LogP contribution in [0.25, 0.3) is 11.0 Å². The highest BCUT2D eigenvalue weighted by atomic mass is 35.5. The molecule has 0 unspecified atom stereocenters. The van der Waals surface area contributed by atoms with Gasteiger partial charge < -0.3 is 14.4 Å². The zero-order valence-corrected chi connectivity index (χ0v) is 10.7. The number of rotatable bonds is 2. The standard InChI is InChI=1S/C12H8ClFN2O4/c13-7-3-6-9(17)8(20-12(18)19)4-16(5-1-2-5)11(6)15-10(7)14/h3-5H,1-2H2,(H,18,19). The SMILES string of the molecule is O=C(O)Oc1cn(C2CC2)c2nc(F)c(Cl)cc2c1=O. The number of fused-ring (bicyclic) bond motifs is 1. The van der Waals surface area contributed by atoms with Crippen molar-refractivity contribution in [2.75, 3.05) is 0 Å². The van der Waals surface area contributed by atoms with Gasteiger partial charge >= 0.3 is 6.16 Å². The number of ether oxygens (including phenoxy) is 1. The lowest BCUT2D eigenvalue weighted by molar-refractivity contribution is 0.143. The fourth-order valence-electron chi connectivity index (χ4n) is 2.00. The van der Waals surface area contributed by atoms with Gasteiger partial charge in [-0.15, -0.1) is 0 Å². The summed E-state index contributed by atoms with van der Waals surface area (Å²) < 4.78 is 19.5. The maximum Gasteiger partial charge on any atom is 0.511 e. The van der Waals surface area contributed by atoms with Gasteiger partial charge in [-0.2, -0.15) is 9.37 Å². The first-order valence-corrected chi connectivity index (χ1v) is 6.17. The van der Waals surface area contributed by atoms with E-state index in [4.69, 9.17) is 16.7 Å². The third-order valence-electron chi connectivity index (χ3n) is 3.02. The largest absolute Gasteiger partial charge is 0.511 e. The van der Waals surface area contributed by atoms with Crippen LogP contribution in [0.3, 0.4) is 0 Å². The summed E-state index contributed by atoms with van der Waals surface area (Å²) in [7, 11) is 0. The molecule has 2 aromatic rings. The molecule has 2 heterocycles. The zero-order valence-electron chi connectivity index (χ0n) is 9.97. The van der Waals surface area contributed by atoms with Gasteiger partial charge in [-0.3, -0.25) is 4.79 Å². The Morgan fingerprint density at radius 2 is 2.25 bits per heavy atom. The molecule has 1 N–H and O–H groups in total. The van der Waals surface area contributed by atoms with E-state index >= 15 is 0 Å². The van der Waals surface area contributed by atoms with Gasteiger partial charge in [0.25, 0.3) is 0 Å². The van der Waals surface area contributed by atoms with Crippen molar-refractivity contribution in [2.45, 2.75) is 18.9 Å². The average Bonchev–Trinajstić information content (AvgIpc) is 3.19. The van der Waals surface area contributed by atoms with Gasteiger partial charge in [-0.25, -0.2) is 4.79 Å². The normalized spacial score (nSPS) is 14.5. The van der Waals surface area contributed by atoms with Crippen molar-refractivity contribution in [1.29, 1.82) is 0 Å². The van der Waals surface area contributed by atoms with Crippen molar-refractivity contribution in [2.24, 2.45) is 0 Å². The van der Waals surface area contributed by atoms with Crippen molar-refractivity contribution >= 4 is 28.8 Å². The summed E-state index contributed by atoms with van der Waals surface area (Å²) in [5, 5.41) is 8.36. The molecule has 104 valence electrons. The van der Waals surface area contributed by atoms with Crippen LogP contribution in [0.2, 0.25) is 5.02 Å². The monoisotopic (exact) mass is 298 g/mol. The van der Waals surface area contributed by atoms with Crippen LogP contribution in [0.5, 0.6) is 5.75 Å². The van der Waals surface area contributed by atoms with Gasteiger partial charge in [0, 0.05) is 6.04 Å². The Hall–Kier alpha value is -2.15. The minimum atomic E-state index is -1.59. The number of aromatic nitrogens is 2. The van der Waals surface area contributed by atoms with E-state index < -0.39 is 17.5 Å². The van der Waals surface area contributed by atoms with E-state index in [0.29, 0.717) is 0 Å². The van der Waals surface area contributed by atoms with Crippen LogP contribution < -0.4 is 10.2 Å². The predicted octanol–water partition coefficient (Wildman–Crippen LogP) is 2.58. The van der Waals surface area contributed by atoms with Gasteiger partial charge in [-0.05, 0) is 18.9 Å². The average molecular weight is 299 g/mol. The highest BCUT2D eigenvalue weighted by Gasteiger charge is 2.27. The molecule has 0 saturated heterocycles. The Morgan fingerprint density at radius 3 is 2.85 bits per heavy atom. The molecule has 0 bridgehead atoms. The Morgan fingerprint density at radius 1 is 1.55 bits per heavy atom. The number of carboxylic acid groups (broad SMARTS) is 1. The Labute approximate surface area is 116 Å². The highest BCUT2D eigenvalue weighted by molar-refractivity contribution is 6.31. The smallest absolute Gasteiger partial charge is 0.449 e. The molecular formula is C12H8ClFN2O4. The first kappa shape index (κ1) is 12.9. The van der Waals surface area contributed by atoms with Gasteiger partial charge in [0.05, 0.1) is 16.6 Å². The van der Waals surface area contributed by atoms with Gasteiger partial charge in [0.15, 0.2) is 5.75 Å². The third-order valence-corrected chi connectivity index (χ3v) is 3.29. The van der Waals surface area contributed by atoms with Crippen molar-refractivity contribution < 1.29 is 19.0 Å². The molecule has 1 aliphatic rings. The van der Waals surface area contributed by atoms with Crippen molar-refractivity contribution in [3.05, 3.63) is 33.5 Å². The highest BCUT2D eigenvalue weighted by Crippen LogP contribution is 2.37. The molecule has 6 nitrogen and oxygen atoms in total. The summed E-state index contributed by atoms with van der Waals surface area (Å²) in [5.41, 5.74) is -0.550. The topological polar surface area (TPSA) is 81.4 Å². The number of pyridine rings is 2. The van der Waals surface area contributed by atoms with Crippen LogP contribution in [-0.2, 0) is 0 Å². The lowest BCUT2D eigenvalue weighted by atomic mass is 10.2. The van der Waals surface area contributed by atoms with Gasteiger partial charge in [-0.1, -0.05) is 11.6 Å². The quantitative estimate of drug-likeness (QED) is 0.680. The zero-order chi connectivity index (χ0) is 14.4. The molecule has 3 rings (SSSR count). The second-order valence-electron chi connectivity index (χ2n) is 4.46. The number of halogens is 2. The molecule has 1 fully saturated rings. The van der Waals surface area contributed by atoms with E-state index in [-0.39, 0.29) is 27.8 Å². The van der Waals surface area contributed by atoms with E-state index in [2.05, 4.69) is 9.72 Å². The molecular weight excluding hydrogens is 291 g/mol. The molecule has 20 heavy (non-hydrogen) atoms. The molecule has 0 radical (unpaired) electrons. The van der Waals surface area contributed by atoms with Gasteiger partial charge in [0.1, 0.15) is 5.65 Å². The Bertz CT molecular complexity index is 785. The molecule has 0 amide bonds. The maximum atomic E-state index is 13.5. The summed E-state index contributed by atoms with van der Waals surface area (Å²) in [5.74, 6) is -1.22. The van der Waals surface area contributed by atoms with Crippen LogP contribution in [0.15, 0.2) is 17.1 Å². The minimum Gasteiger partial charge on any atom is -0.449 e. The van der Waals surface area contributed by atoms with Crippen molar-refractivity contribution in [3.8, 4) is 5.75 Å². The Balaban J connectivity index is 2.33. The summed E-state index contributed by atoms with van der Waals surface area (Å²) in [6, 6.07) is 1.19. The van der Waals surface area contributed by atoms with E-state index in [0.717, 1.165) is 18.9 Å². The summed E-state index contributed by atoms with van der Waals surface area (Å²) in [6.07, 6.45) is 1.34. The van der Waals surface area contributed by atoms with Crippen LogP contribution in [0.4, 0.5) is 9.18 Å². The number of hydrogen-bond donors (Lipinski definition) is 1. The van der Waals surface area contributed by atoms with E-state index in [1.807, 2.05) is 0 Å². The van der Waals surface area contributed by atoms with Crippen LogP contribution in [0.1, 0.15) is 18.9 Å². The molecule has 0 aromatic carbocycles. The number of hydrogen-bond acceptors (Lipinski definition) is 4. The fraction of sp³-hybridized carbons (Fsp3) is 0.250. The molecule has 1 aliphatic carbocycles. The van der Waals surface area contributed by atoms with Gasteiger partial charge in [0.2, 0.25) is 11.4 Å². The first-order valence-electron chi connectivity index (χ1n) is 5.79. The van der Waals surface area contributed by atoms with Crippen LogP contribution in [0, 0.1) is 5.95 Å². The Kier molecular flexibility index (Phi) is 2.86. The van der Waals surface area contributed by atoms with Crippen molar-refractivity contribution in [3.63, 3.8) is 0 Å². The maximum absolute atomic E-state index is 13.5. The number of carbonyl (C=O) groups is 1. The third kappa shape index (κ3) is 2.09. The lowest BCUT2D eigenvalue weighted by Crippen LogP contribution is -2.17. The molecule has 0 aliphatic heterocycles. The molecule has 0 spiro atoms. The first-order chi connectivity index (χ1) is 9.47. The van der Waals surface area contributed by atoms with E-state index in [9.17, 15) is 14.0 Å². The van der Waals surface area contributed by atoms with Crippen LogP contribution in [-0.4, -0.2) is 20.8 Å². The van der Waals surface area contributed by atoms with E-state index in [1.165, 1.54) is 6.20 Å². The summed E-state index contributed by atoms with van der Waals surface area (Å²) in [4.78, 5) is 26.4. The fourth-order valence-corrected chi connectivity index (χ4v) is 2.15. The predicted molar refractivity (Wildman–Crippen MR) is 67.9 cm³/mol. The van der Waals surface area contributed by atoms with E-state index in [1.54, 1.807) is 4.57 Å². The molecule has 8 heteroatoms. The molecule has 1 saturated carbocycles.